The minimum atomic E-state index is -0.341. The van der Waals surface area contributed by atoms with Crippen molar-refractivity contribution in [1.82, 2.24) is 0 Å². The number of carbonyl (C=O) groups is 1. The second kappa shape index (κ2) is 10.1. The maximum Gasteiger partial charge on any atom is 0.330 e. The van der Waals surface area contributed by atoms with Gasteiger partial charge in [0.15, 0.2) is 0 Å². The van der Waals surface area contributed by atoms with Crippen LogP contribution in [0.2, 0.25) is 0 Å². The molecule has 0 unspecified atom stereocenters. The van der Waals surface area contributed by atoms with Gasteiger partial charge in [-0.05, 0) is 17.5 Å². The van der Waals surface area contributed by atoms with E-state index in [0.717, 1.165) is 23.6 Å². The Kier molecular flexibility index (Phi) is 8.92. The van der Waals surface area contributed by atoms with Gasteiger partial charge >= 0.3 is 5.97 Å². The molecule has 2 nitrogen and oxygen atoms in total. The molecule has 1 aromatic rings. The molecule has 1 aromatic carbocycles. The van der Waals surface area contributed by atoms with Gasteiger partial charge in [-0.25, -0.2) is 4.79 Å². The summed E-state index contributed by atoms with van der Waals surface area (Å²) in [5, 5.41) is 0. The quantitative estimate of drug-likeness (QED) is 0.576. The summed E-state index contributed by atoms with van der Waals surface area (Å²) in [6.07, 6.45) is 5.68. The Morgan fingerprint density at radius 3 is 2.00 bits per heavy atom. The summed E-state index contributed by atoms with van der Waals surface area (Å²) in [7, 11) is 0. The first kappa shape index (κ1) is 15.9. The monoisotopic (exact) mass is 244 g/mol. The fraction of sp³-hybridized carbons (Fsp3) is 0.188. The normalized spacial score (nSPS) is 8.50. The molecule has 0 aromatic heterocycles. The second-order valence-corrected chi connectivity index (χ2v) is 3.41. The molecule has 0 atom stereocenters. The molecule has 96 valence electrons. The number of rotatable bonds is 5. The van der Waals surface area contributed by atoms with Crippen molar-refractivity contribution in [2.75, 3.05) is 6.61 Å². The highest BCUT2D eigenvalue weighted by molar-refractivity contribution is 5.81. The average Bonchev–Trinajstić information content (AvgIpc) is 2.45. The standard InChI is InChI=1S/C10H10.C6H10O2/c1-3-9-7-5-6-8-10(9)4-2;1-3-5-8-6(7)4-2/h3-8H,1-2H2;4H,2-3,5H2,1H3. The minimum Gasteiger partial charge on any atom is -0.463 e. The van der Waals surface area contributed by atoms with E-state index in [-0.39, 0.29) is 5.97 Å². The van der Waals surface area contributed by atoms with E-state index in [4.69, 9.17) is 0 Å². The fourth-order valence-corrected chi connectivity index (χ4v) is 1.14. The third-order valence-electron chi connectivity index (χ3n) is 2.05. The van der Waals surface area contributed by atoms with Crippen LogP contribution in [-0.4, -0.2) is 12.6 Å². The van der Waals surface area contributed by atoms with Crippen molar-refractivity contribution in [3.05, 3.63) is 61.2 Å². The SMILES string of the molecule is C=CC(=O)OCCC.C=Cc1ccccc1C=C. The van der Waals surface area contributed by atoms with Crippen LogP contribution in [0.25, 0.3) is 12.2 Å². The number of hydrogen-bond donors (Lipinski definition) is 0. The summed E-state index contributed by atoms with van der Waals surface area (Å²) in [6.45, 7) is 13.1. The van der Waals surface area contributed by atoms with Crippen LogP contribution in [-0.2, 0) is 9.53 Å². The van der Waals surface area contributed by atoms with Crippen molar-refractivity contribution in [1.29, 1.82) is 0 Å². The molecule has 0 saturated heterocycles. The lowest BCUT2D eigenvalue weighted by molar-refractivity contribution is -0.137. The Morgan fingerprint density at radius 1 is 1.17 bits per heavy atom. The van der Waals surface area contributed by atoms with E-state index in [0.29, 0.717) is 6.61 Å². The molecule has 0 aliphatic heterocycles. The largest absolute Gasteiger partial charge is 0.463 e. The van der Waals surface area contributed by atoms with Crippen molar-refractivity contribution in [2.24, 2.45) is 0 Å². The summed E-state index contributed by atoms with van der Waals surface area (Å²) in [4.78, 5) is 10.2. The fourth-order valence-electron chi connectivity index (χ4n) is 1.14. The number of esters is 1. The van der Waals surface area contributed by atoms with E-state index < -0.39 is 0 Å². The predicted octanol–water partition coefficient (Wildman–Crippen LogP) is 4.10. The van der Waals surface area contributed by atoms with Crippen molar-refractivity contribution >= 4 is 18.1 Å². The van der Waals surface area contributed by atoms with E-state index in [1.165, 1.54) is 0 Å². The molecule has 0 aliphatic rings. The molecule has 0 radical (unpaired) electrons. The lowest BCUT2D eigenvalue weighted by Gasteiger charge is -1.96. The van der Waals surface area contributed by atoms with Gasteiger partial charge in [-0.1, -0.05) is 63.1 Å². The lowest BCUT2D eigenvalue weighted by Crippen LogP contribution is -1.99. The van der Waals surface area contributed by atoms with Crippen molar-refractivity contribution in [2.45, 2.75) is 13.3 Å². The van der Waals surface area contributed by atoms with Gasteiger partial charge in [0.05, 0.1) is 6.61 Å². The molecule has 0 amide bonds. The first-order chi connectivity index (χ1) is 8.69. The van der Waals surface area contributed by atoms with Crippen LogP contribution in [0.4, 0.5) is 0 Å². The predicted molar refractivity (Wildman–Crippen MR) is 78.1 cm³/mol. The Hall–Kier alpha value is -2.09. The smallest absolute Gasteiger partial charge is 0.330 e. The van der Waals surface area contributed by atoms with Gasteiger partial charge in [-0.2, -0.15) is 0 Å². The summed E-state index contributed by atoms with van der Waals surface area (Å²) >= 11 is 0. The Bertz CT molecular complexity index is 378. The molecule has 0 spiro atoms. The maximum absolute atomic E-state index is 10.2. The molecule has 0 N–H and O–H groups in total. The third-order valence-corrected chi connectivity index (χ3v) is 2.05. The summed E-state index contributed by atoms with van der Waals surface area (Å²) in [5.41, 5.74) is 2.27. The maximum atomic E-state index is 10.2. The zero-order valence-electron chi connectivity index (χ0n) is 10.9. The zero-order chi connectivity index (χ0) is 13.8. The zero-order valence-corrected chi connectivity index (χ0v) is 10.9. The van der Waals surface area contributed by atoms with E-state index in [1.54, 1.807) is 0 Å². The van der Waals surface area contributed by atoms with Crippen LogP contribution in [0.5, 0.6) is 0 Å². The number of hydrogen-bond acceptors (Lipinski definition) is 2. The van der Waals surface area contributed by atoms with E-state index in [1.807, 2.05) is 43.3 Å². The van der Waals surface area contributed by atoms with Crippen LogP contribution < -0.4 is 0 Å². The topological polar surface area (TPSA) is 26.3 Å². The van der Waals surface area contributed by atoms with Crippen LogP contribution in [0, 0.1) is 0 Å². The second-order valence-electron chi connectivity index (χ2n) is 3.41. The molecular formula is C16H20O2. The van der Waals surface area contributed by atoms with Gasteiger partial charge < -0.3 is 4.74 Å². The molecule has 18 heavy (non-hydrogen) atoms. The first-order valence-electron chi connectivity index (χ1n) is 5.82. The summed E-state index contributed by atoms with van der Waals surface area (Å²) < 4.78 is 4.58. The summed E-state index contributed by atoms with van der Waals surface area (Å²) in [6, 6.07) is 8.02. The van der Waals surface area contributed by atoms with E-state index >= 15 is 0 Å². The molecule has 0 heterocycles. The molecule has 2 heteroatoms. The van der Waals surface area contributed by atoms with Crippen LogP contribution >= 0.6 is 0 Å². The van der Waals surface area contributed by atoms with Crippen LogP contribution in [0.15, 0.2) is 50.1 Å². The van der Waals surface area contributed by atoms with Crippen LogP contribution in [0.3, 0.4) is 0 Å². The van der Waals surface area contributed by atoms with Gasteiger partial charge in [-0.15, -0.1) is 0 Å². The number of ether oxygens (including phenoxy) is 1. The highest BCUT2D eigenvalue weighted by atomic mass is 16.5. The van der Waals surface area contributed by atoms with Gasteiger partial charge in [0.2, 0.25) is 0 Å². The molecule has 0 fully saturated rings. The molecule has 0 bridgehead atoms. The number of carbonyl (C=O) groups excluding carboxylic acids is 1. The van der Waals surface area contributed by atoms with E-state index in [9.17, 15) is 4.79 Å². The Balaban J connectivity index is 0.000000331. The third kappa shape index (κ3) is 6.48. The Morgan fingerprint density at radius 2 is 1.67 bits per heavy atom. The van der Waals surface area contributed by atoms with Crippen molar-refractivity contribution in [3.8, 4) is 0 Å². The molecular weight excluding hydrogens is 224 g/mol. The first-order valence-corrected chi connectivity index (χ1v) is 5.82. The van der Waals surface area contributed by atoms with Gasteiger partial charge in [0, 0.05) is 6.08 Å². The van der Waals surface area contributed by atoms with Crippen LogP contribution in [0.1, 0.15) is 24.5 Å². The molecule has 0 saturated carbocycles. The van der Waals surface area contributed by atoms with Crippen molar-refractivity contribution in [3.63, 3.8) is 0 Å². The minimum absolute atomic E-state index is 0.341. The van der Waals surface area contributed by atoms with Crippen molar-refractivity contribution < 1.29 is 9.53 Å². The van der Waals surface area contributed by atoms with Gasteiger partial charge in [0.25, 0.3) is 0 Å². The lowest BCUT2D eigenvalue weighted by atomic mass is 10.1. The van der Waals surface area contributed by atoms with Gasteiger partial charge in [-0.3, -0.25) is 0 Å². The van der Waals surface area contributed by atoms with Gasteiger partial charge in [0.1, 0.15) is 0 Å². The average molecular weight is 244 g/mol. The highest BCUT2D eigenvalue weighted by Crippen LogP contribution is 2.10. The number of benzene rings is 1. The molecule has 1 rings (SSSR count). The Labute approximate surface area is 109 Å². The van der Waals surface area contributed by atoms with E-state index in [2.05, 4.69) is 24.5 Å². The highest BCUT2D eigenvalue weighted by Gasteiger charge is 1.90. The summed E-state index contributed by atoms with van der Waals surface area (Å²) in [5.74, 6) is -0.341. The molecule has 0 aliphatic carbocycles.